The molecule has 0 aliphatic carbocycles. The van der Waals surface area contributed by atoms with E-state index in [4.69, 9.17) is 4.74 Å². The molecule has 0 atom stereocenters. The Morgan fingerprint density at radius 1 is 0.808 bits per heavy atom. The first-order valence-corrected chi connectivity index (χ1v) is 10.8. The second kappa shape index (κ2) is 13.6. The Morgan fingerprint density at radius 2 is 1.31 bits per heavy atom. The number of carbonyl (C=O) groups is 1. The predicted molar refractivity (Wildman–Crippen MR) is 115 cm³/mol. The molecule has 0 amide bonds. The zero-order valence-electron chi connectivity index (χ0n) is 19.8. The van der Waals surface area contributed by atoms with Gasteiger partial charge in [-0.25, -0.2) is 0 Å². The third-order valence-corrected chi connectivity index (χ3v) is 5.03. The molecule has 3 nitrogen and oxygen atoms in total. The van der Waals surface area contributed by atoms with Gasteiger partial charge in [-0.15, -0.1) is 0 Å². The summed E-state index contributed by atoms with van der Waals surface area (Å²) in [5.41, 5.74) is 0.181. The molecule has 3 heteroatoms. The summed E-state index contributed by atoms with van der Waals surface area (Å²) in [5.74, 6) is -0.0523. The number of esters is 1. The van der Waals surface area contributed by atoms with Crippen molar-refractivity contribution in [2.75, 3.05) is 34.3 Å². The lowest BCUT2D eigenvalue weighted by molar-refractivity contribution is -0.876. The van der Waals surface area contributed by atoms with Crippen molar-refractivity contribution < 1.29 is 14.0 Å². The van der Waals surface area contributed by atoms with Gasteiger partial charge in [0, 0.05) is 5.41 Å². The van der Waals surface area contributed by atoms with Crippen LogP contribution in [0, 0.1) is 10.8 Å². The first-order chi connectivity index (χ1) is 11.8. The minimum Gasteiger partial charge on any atom is -0.465 e. The van der Waals surface area contributed by atoms with E-state index in [2.05, 4.69) is 48.8 Å². The molecule has 158 valence electrons. The standard InChI is InChI=1S/C14H28O2.C9H22N/c1-5-7-8-9-10-11-12-16-13(15)14(3,4)6-2;1-7-9(2,3)8-10(4,5)6/h5-12H2,1-4H3;7-8H2,1-6H3/q;+1. The summed E-state index contributed by atoms with van der Waals surface area (Å²) < 4.78 is 6.34. The Kier molecular flexibility index (Phi) is 14.4. The van der Waals surface area contributed by atoms with Gasteiger partial charge in [-0.2, -0.15) is 0 Å². The quantitative estimate of drug-likeness (QED) is 0.223. The van der Waals surface area contributed by atoms with E-state index in [1.165, 1.54) is 45.1 Å². The van der Waals surface area contributed by atoms with Crippen LogP contribution in [0.5, 0.6) is 0 Å². The molecule has 0 bridgehead atoms. The second-order valence-corrected chi connectivity index (χ2v) is 10.1. The zero-order chi connectivity index (χ0) is 20.9. The monoisotopic (exact) mass is 372 g/mol. The van der Waals surface area contributed by atoms with Crippen LogP contribution < -0.4 is 0 Å². The van der Waals surface area contributed by atoms with E-state index in [-0.39, 0.29) is 11.4 Å². The molecule has 0 aliphatic rings. The number of hydrogen-bond acceptors (Lipinski definition) is 2. The van der Waals surface area contributed by atoms with Crippen LogP contribution in [0.1, 0.15) is 99.8 Å². The van der Waals surface area contributed by atoms with Crippen molar-refractivity contribution >= 4 is 5.97 Å². The average Bonchev–Trinajstić information content (AvgIpc) is 2.52. The van der Waals surface area contributed by atoms with Crippen molar-refractivity contribution in [2.24, 2.45) is 10.8 Å². The lowest BCUT2D eigenvalue weighted by Gasteiger charge is -2.33. The van der Waals surface area contributed by atoms with E-state index in [0.717, 1.165) is 17.3 Å². The summed E-state index contributed by atoms with van der Waals surface area (Å²) in [7, 11) is 6.74. The maximum absolute atomic E-state index is 11.6. The number of carbonyl (C=O) groups excluding carboxylic acids is 1. The van der Waals surface area contributed by atoms with Crippen LogP contribution in [-0.2, 0) is 9.53 Å². The number of nitrogens with zero attached hydrogens (tertiary/aromatic N) is 1. The Labute approximate surface area is 165 Å². The highest BCUT2D eigenvalue weighted by Gasteiger charge is 2.26. The Bertz CT molecular complexity index is 354. The molecule has 0 saturated carbocycles. The summed E-state index contributed by atoms with van der Waals surface area (Å²) in [6.07, 6.45) is 9.47. The van der Waals surface area contributed by atoms with Gasteiger partial charge in [0.05, 0.1) is 39.7 Å². The summed E-state index contributed by atoms with van der Waals surface area (Å²) in [6.45, 7) is 16.9. The maximum atomic E-state index is 11.6. The molecule has 0 N–H and O–H groups in total. The predicted octanol–water partition coefficient (Wildman–Crippen LogP) is 6.46. The summed E-state index contributed by atoms with van der Waals surface area (Å²) >= 11 is 0. The molecule has 0 spiro atoms. The fourth-order valence-corrected chi connectivity index (χ4v) is 2.78. The van der Waals surface area contributed by atoms with Crippen LogP contribution in [0.2, 0.25) is 0 Å². The number of ether oxygens (including phenoxy) is 1. The summed E-state index contributed by atoms with van der Waals surface area (Å²) in [4.78, 5) is 11.6. The van der Waals surface area contributed by atoms with Gasteiger partial charge < -0.3 is 9.22 Å². The van der Waals surface area contributed by atoms with E-state index >= 15 is 0 Å². The van der Waals surface area contributed by atoms with Gasteiger partial charge in [-0.3, -0.25) is 4.79 Å². The molecule has 0 radical (unpaired) electrons. The topological polar surface area (TPSA) is 26.3 Å². The first-order valence-electron chi connectivity index (χ1n) is 10.8. The van der Waals surface area contributed by atoms with Gasteiger partial charge >= 0.3 is 5.97 Å². The number of unbranched alkanes of at least 4 members (excludes halogenated alkanes) is 5. The Balaban J connectivity index is 0. The number of hydrogen-bond donors (Lipinski definition) is 0. The molecule has 0 saturated heterocycles. The van der Waals surface area contributed by atoms with Crippen LogP contribution in [0.3, 0.4) is 0 Å². The molecule has 0 aromatic carbocycles. The van der Waals surface area contributed by atoms with Crippen molar-refractivity contribution in [3.05, 3.63) is 0 Å². The summed E-state index contributed by atoms with van der Waals surface area (Å²) in [5, 5.41) is 0. The minimum absolute atomic E-state index is 0.0523. The van der Waals surface area contributed by atoms with Gasteiger partial charge in [-0.05, 0) is 33.1 Å². The fourth-order valence-electron chi connectivity index (χ4n) is 2.78. The molecular weight excluding hydrogens is 322 g/mol. The van der Waals surface area contributed by atoms with Crippen LogP contribution >= 0.6 is 0 Å². The van der Waals surface area contributed by atoms with Crippen LogP contribution in [0.15, 0.2) is 0 Å². The van der Waals surface area contributed by atoms with Crippen molar-refractivity contribution in [3.63, 3.8) is 0 Å². The molecule has 0 aromatic rings. The second-order valence-electron chi connectivity index (χ2n) is 10.1. The molecule has 0 aliphatic heterocycles. The largest absolute Gasteiger partial charge is 0.465 e. The van der Waals surface area contributed by atoms with Crippen molar-refractivity contribution in [1.82, 2.24) is 0 Å². The molecule has 26 heavy (non-hydrogen) atoms. The molecule has 0 heterocycles. The number of quaternary nitrogens is 1. The molecule has 0 fully saturated rings. The zero-order valence-corrected chi connectivity index (χ0v) is 19.8. The van der Waals surface area contributed by atoms with Crippen LogP contribution in [0.25, 0.3) is 0 Å². The Morgan fingerprint density at radius 3 is 1.69 bits per heavy atom. The fraction of sp³-hybridized carbons (Fsp3) is 0.957. The van der Waals surface area contributed by atoms with Gasteiger partial charge in [-0.1, -0.05) is 66.7 Å². The average molecular weight is 373 g/mol. The van der Waals surface area contributed by atoms with Gasteiger partial charge in [0.15, 0.2) is 0 Å². The minimum atomic E-state index is -0.317. The van der Waals surface area contributed by atoms with Gasteiger partial charge in [0.2, 0.25) is 0 Å². The molecular formula is C23H50NO2+. The molecule has 0 aromatic heterocycles. The van der Waals surface area contributed by atoms with Crippen LogP contribution in [-0.4, -0.2) is 44.7 Å². The summed E-state index contributed by atoms with van der Waals surface area (Å²) in [6, 6.07) is 0. The highest BCUT2D eigenvalue weighted by atomic mass is 16.5. The third kappa shape index (κ3) is 16.9. The lowest BCUT2D eigenvalue weighted by Crippen LogP contribution is -2.42. The first kappa shape index (κ1) is 27.6. The van der Waals surface area contributed by atoms with E-state index < -0.39 is 0 Å². The highest BCUT2D eigenvalue weighted by molar-refractivity contribution is 5.75. The van der Waals surface area contributed by atoms with E-state index in [1.807, 2.05) is 20.8 Å². The SMILES string of the molecule is CCC(C)(C)C[N+](C)(C)C.CCCCCCCCOC(=O)C(C)(C)CC. The Hall–Kier alpha value is -0.570. The van der Waals surface area contributed by atoms with E-state index in [9.17, 15) is 4.79 Å². The lowest BCUT2D eigenvalue weighted by atomic mass is 9.89. The van der Waals surface area contributed by atoms with E-state index in [0.29, 0.717) is 12.0 Å². The smallest absolute Gasteiger partial charge is 0.311 e. The van der Waals surface area contributed by atoms with Crippen molar-refractivity contribution in [2.45, 2.75) is 99.8 Å². The van der Waals surface area contributed by atoms with Crippen LogP contribution in [0.4, 0.5) is 0 Å². The van der Waals surface area contributed by atoms with Crippen molar-refractivity contribution in [1.29, 1.82) is 0 Å². The normalized spacial score (nSPS) is 12.4. The van der Waals surface area contributed by atoms with Gasteiger partial charge in [0.25, 0.3) is 0 Å². The maximum Gasteiger partial charge on any atom is 0.311 e. The molecule has 0 unspecified atom stereocenters. The number of rotatable bonds is 12. The van der Waals surface area contributed by atoms with Gasteiger partial charge in [0.1, 0.15) is 0 Å². The van der Waals surface area contributed by atoms with E-state index in [1.54, 1.807) is 0 Å². The molecule has 0 rings (SSSR count). The van der Waals surface area contributed by atoms with Crippen molar-refractivity contribution in [3.8, 4) is 0 Å². The third-order valence-electron chi connectivity index (χ3n) is 5.03. The highest BCUT2D eigenvalue weighted by Crippen LogP contribution is 2.22.